The van der Waals surface area contributed by atoms with Crippen LogP contribution < -0.4 is 0 Å². The quantitative estimate of drug-likeness (QED) is 0.822. The van der Waals surface area contributed by atoms with Crippen LogP contribution in [0.25, 0.3) is 0 Å². The molecule has 2 aliphatic rings. The van der Waals surface area contributed by atoms with Crippen molar-refractivity contribution in [2.45, 2.75) is 37.7 Å². The van der Waals surface area contributed by atoms with E-state index in [1.807, 2.05) is 0 Å². The molecule has 5 nitrogen and oxygen atoms in total. The number of hydrogen-bond acceptors (Lipinski definition) is 5. The predicted octanol–water partition coefficient (Wildman–Crippen LogP) is 0.887. The summed E-state index contributed by atoms with van der Waals surface area (Å²) in [5.74, 6) is 2.01. The molecular weight excluding hydrogens is 208 g/mol. The van der Waals surface area contributed by atoms with Crippen LogP contribution in [0, 0.1) is 5.92 Å². The number of ether oxygens (including phenoxy) is 1. The standard InChI is InChI=1S/C11H16N2O3/c14-9(7-1-2-7)5-10-12-11(13-16-10)8-3-4-15-6-8/h7-9,14H,1-6H2. The van der Waals surface area contributed by atoms with Crippen molar-refractivity contribution >= 4 is 0 Å². The Balaban J connectivity index is 1.62. The Labute approximate surface area is 93.8 Å². The summed E-state index contributed by atoms with van der Waals surface area (Å²) >= 11 is 0. The van der Waals surface area contributed by atoms with Crippen LogP contribution in [0.5, 0.6) is 0 Å². The first-order valence-corrected chi connectivity index (χ1v) is 5.91. The highest BCUT2D eigenvalue weighted by atomic mass is 16.5. The van der Waals surface area contributed by atoms with Gasteiger partial charge in [0.2, 0.25) is 5.89 Å². The Morgan fingerprint density at radius 2 is 2.25 bits per heavy atom. The molecule has 0 amide bonds. The van der Waals surface area contributed by atoms with Crippen molar-refractivity contribution in [3.05, 3.63) is 11.7 Å². The minimum absolute atomic E-state index is 0.274. The fourth-order valence-corrected chi connectivity index (χ4v) is 2.08. The van der Waals surface area contributed by atoms with Gasteiger partial charge in [-0.15, -0.1) is 0 Å². The van der Waals surface area contributed by atoms with Gasteiger partial charge in [0.15, 0.2) is 5.82 Å². The van der Waals surface area contributed by atoms with E-state index in [4.69, 9.17) is 9.26 Å². The molecule has 2 atom stereocenters. The van der Waals surface area contributed by atoms with Gasteiger partial charge >= 0.3 is 0 Å². The second-order valence-electron chi connectivity index (χ2n) is 4.72. The molecule has 1 N–H and O–H groups in total. The predicted molar refractivity (Wildman–Crippen MR) is 54.9 cm³/mol. The van der Waals surface area contributed by atoms with Crippen LogP contribution in [0.3, 0.4) is 0 Å². The Morgan fingerprint density at radius 3 is 2.94 bits per heavy atom. The lowest BCUT2D eigenvalue weighted by Gasteiger charge is -2.03. The molecule has 2 unspecified atom stereocenters. The second kappa shape index (κ2) is 4.14. The first kappa shape index (κ1) is 10.2. The molecule has 5 heteroatoms. The second-order valence-corrected chi connectivity index (χ2v) is 4.72. The lowest BCUT2D eigenvalue weighted by Crippen LogP contribution is -2.13. The largest absolute Gasteiger partial charge is 0.392 e. The van der Waals surface area contributed by atoms with E-state index >= 15 is 0 Å². The van der Waals surface area contributed by atoms with Gasteiger partial charge in [-0.25, -0.2) is 0 Å². The smallest absolute Gasteiger partial charge is 0.229 e. The summed E-state index contributed by atoms with van der Waals surface area (Å²) in [6.45, 7) is 1.46. The van der Waals surface area contributed by atoms with Crippen molar-refractivity contribution in [1.29, 1.82) is 0 Å². The normalized spacial score (nSPS) is 27.2. The summed E-state index contributed by atoms with van der Waals surface area (Å²) in [5.41, 5.74) is 0. The number of nitrogens with zero attached hydrogens (tertiary/aromatic N) is 2. The highest BCUT2D eigenvalue weighted by molar-refractivity contribution is 4.99. The molecule has 1 aromatic heterocycles. The van der Waals surface area contributed by atoms with Crippen molar-refractivity contribution in [3.63, 3.8) is 0 Å². The third-order valence-corrected chi connectivity index (χ3v) is 3.33. The van der Waals surface area contributed by atoms with Crippen LogP contribution >= 0.6 is 0 Å². The summed E-state index contributed by atoms with van der Waals surface area (Å²) in [7, 11) is 0. The zero-order valence-corrected chi connectivity index (χ0v) is 9.13. The van der Waals surface area contributed by atoms with E-state index in [0.29, 0.717) is 24.8 Å². The Kier molecular flexibility index (Phi) is 2.65. The van der Waals surface area contributed by atoms with Gasteiger partial charge in [0, 0.05) is 12.5 Å². The lowest BCUT2D eigenvalue weighted by molar-refractivity contribution is 0.140. The highest BCUT2D eigenvalue weighted by Gasteiger charge is 2.31. The molecule has 2 fully saturated rings. The van der Waals surface area contributed by atoms with Gasteiger partial charge in [-0.1, -0.05) is 5.16 Å². The van der Waals surface area contributed by atoms with Gasteiger partial charge in [-0.05, 0) is 25.2 Å². The molecular formula is C11H16N2O3. The number of aliphatic hydroxyl groups is 1. The Morgan fingerprint density at radius 1 is 1.38 bits per heavy atom. The summed E-state index contributed by atoms with van der Waals surface area (Å²) < 4.78 is 10.4. The summed E-state index contributed by atoms with van der Waals surface area (Å²) in [4.78, 5) is 4.32. The van der Waals surface area contributed by atoms with E-state index in [9.17, 15) is 5.11 Å². The third kappa shape index (κ3) is 2.10. The van der Waals surface area contributed by atoms with Gasteiger partial charge in [-0.3, -0.25) is 0 Å². The molecule has 3 rings (SSSR count). The van der Waals surface area contributed by atoms with Crippen molar-refractivity contribution in [3.8, 4) is 0 Å². The molecule has 1 saturated carbocycles. The molecule has 0 bridgehead atoms. The van der Waals surface area contributed by atoms with E-state index in [1.54, 1.807) is 0 Å². The molecule has 1 aromatic rings. The maximum absolute atomic E-state index is 9.76. The SMILES string of the molecule is OC(Cc1nc(C2CCOC2)no1)C1CC1. The van der Waals surface area contributed by atoms with E-state index in [0.717, 1.165) is 31.7 Å². The van der Waals surface area contributed by atoms with E-state index in [2.05, 4.69) is 10.1 Å². The molecule has 16 heavy (non-hydrogen) atoms. The molecule has 1 aliphatic carbocycles. The number of hydrogen-bond donors (Lipinski definition) is 1. The van der Waals surface area contributed by atoms with Crippen molar-refractivity contribution < 1.29 is 14.4 Å². The lowest BCUT2D eigenvalue weighted by atomic mass is 10.1. The number of aromatic nitrogens is 2. The molecule has 1 aliphatic heterocycles. The van der Waals surface area contributed by atoms with Crippen LogP contribution in [0.2, 0.25) is 0 Å². The first-order chi connectivity index (χ1) is 7.83. The maximum Gasteiger partial charge on any atom is 0.229 e. The van der Waals surface area contributed by atoms with Crippen molar-refractivity contribution in [1.82, 2.24) is 10.1 Å². The zero-order valence-electron chi connectivity index (χ0n) is 9.13. The summed E-state index contributed by atoms with van der Waals surface area (Å²) in [6.07, 6.45) is 3.39. The minimum Gasteiger partial charge on any atom is -0.392 e. The maximum atomic E-state index is 9.76. The fraction of sp³-hybridized carbons (Fsp3) is 0.818. The average molecular weight is 224 g/mol. The molecule has 0 radical (unpaired) electrons. The van der Waals surface area contributed by atoms with Crippen LogP contribution in [-0.2, 0) is 11.2 Å². The molecule has 0 spiro atoms. The number of rotatable bonds is 4. The third-order valence-electron chi connectivity index (χ3n) is 3.33. The molecule has 2 heterocycles. The van der Waals surface area contributed by atoms with Crippen LogP contribution in [0.1, 0.15) is 36.9 Å². The van der Waals surface area contributed by atoms with Gasteiger partial charge in [-0.2, -0.15) is 4.98 Å². The topological polar surface area (TPSA) is 68.4 Å². The van der Waals surface area contributed by atoms with E-state index in [1.165, 1.54) is 0 Å². The van der Waals surface area contributed by atoms with Gasteiger partial charge in [0.25, 0.3) is 0 Å². The van der Waals surface area contributed by atoms with Crippen molar-refractivity contribution in [2.24, 2.45) is 5.92 Å². The van der Waals surface area contributed by atoms with Gasteiger partial charge < -0.3 is 14.4 Å². The van der Waals surface area contributed by atoms with Crippen LogP contribution in [-0.4, -0.2) is 34.6 Å². The average Bonchev–Trinajstić information content (AvgIpc) is 2.80. The molecule has 1 saturated heterocycles. The highest BCUT2D eigenvalue weighted by Crippen LogP contribution is 2.34. The van der Waals surface area contributed by atoms with Gasteiger partial charge in [0.05, 0.1) is 19.1 Å². The monoisotopic (exact) mass is 224 g/mol. The minimum atomic E-state index is -0.312. The Bertz CT molecular complexity index is 356. The molecule has 88 valence electrons. The summed E-state index contributed by atoms with van der Waals surface area (Å²) in [6, 6.07) is 0. The van der Waals surface area contributed by atoms with Gasteiger partial charge in [0.1, 0.15) is 0 Å². The first-order valence-electron chi connectivity index (χ1n) is 5.91. The van der Waals surface area contributed by atoms with E-state index < -0.39 is 0 Å². The fourth-order valence-electron chi connectivity index (χ4n) is 2.08. The molecule has 0 aromatic carbocycles. The van der Waals surface area contributed by atoms with Crippen LogP contribution in [0.4, 0.5) is 0 Å². The van der Waals surface area contributed by atoms with Crippen LogP contribution in [0.15, 0.2) is 4.52 Å². The number of aliphatic hydroxyl groups excluding tert-OH is 1. The van der Waals surface area contributed by atoms with Crippen molar-refractivity contribution in [2.75, 3.05) is 13.2 Å². The van der Waals surface area contributed by atoms with E-state index in [-0.39, 0.29) is 12.0 Å². The zero-order chi connectivity index (χ0) is 11.0. The Hall–Kier alpha value is -0.940. The summed E-state index contributed by atoms with van der Waals surface area (Å²) in [5, 5.41) is 13.7.